The van der Waals surface area contributed by atoms with Gasteiger partial charge in [0.1, 0.15) is 18.4 Å². The van der Waals surface area contributed by atoms with Crippen LogP contribution >= 0.6 is 0 Å². The van der Waals surface area contributed by atoms with E-state index >= 15 is 0 Å². The molecule has 0 radical (unpaired) electrons. The molecular weight excluding hydrogens is 460 g/mol. The molecule has 3 atom stereocenters. The fraction of sp³-hybridized carbons (Fsp3) is 0.464. The second kappa shape index (κ2) is 9.93. The van der Waals surface area contributed by atoms with Crippen molar-refractivity contribution in [3.05, 3.63) is 59.7 Å². The molecule has 2 aromatic carbocycles. The van der Waals surface area contributed by atoms with Crippen LogP contribution in [0, 0.1) is 5.92 Å². The van der Waals surface area contributed by atoms with Crippen molar-refractivity contribution in [2.75, 3.05) is 6.61 Å². The van der Waals surface area contributed by atoms with Crippen molar-refractivity contribution < 1.29 is 29.0 Å². The highest BCUT2D eigenvalue weighted by molar-refractivity contribution is 5.90. The summed E-state index contributed by atoms with van der Waals surface area (Å²) in [6.45, 7) is 8.93. The van der Waals surface area contributed by atoms with Gasteiger partial charge >= 0.3 is 12.1 Å². The summed E-state index contributed by atoms with van der Waals surface area (Å²) in [6.07, 6.45) is -1.07. The number of hydrogen-bond donors (Lipinski definition) is 2. The highest BCUT2D eigenvalue weighted by atomic mass is 16.6. The average molecular weight is 495 g/mol. The Bertz CT molecular complexity index is 1110. The van der Waals surface area contributed by atoms with Crippen LogP contribution in [0.1, 0.15) is 58.1 Å². The zero-order valence-corrected chi connectivity index (χ0v) is 21.4. The lowest BCUT2D eigenvalue weighted by molar-refractivity contribution is -0.157. The van der Waals surface area contributed by atoms with Gasteiger partial charge in [-0.3, -0.25) is 9.69 Å². The van der Waals surface area contributed by atoms with Gasteiger partial charge in [0.25, 0.3) is 0 Å². The third-order valence-electron chi connectivity index (χ3n) is 6.91. The summed E-state index contributed by atoms with van der Waals surface area (Å²) in [5, 5.41) is 12.5. The van der Waals surface area contributed by atoms with Crippen LogP contribution in [0.3, 0.4) is 0 Å². The fourth-order valence-corrected chi connectivity index (χ4v) is 5.48. The maximum absolute atomic E-state index is 13.6. The number of carbonyl (C=O) groups is 3. The topological polar surface area (TPSA) is 105 Å². The second-order valence-electron chi connectivity index (χ2n) is 10.4. The van der Waals surface area contributed by atoms with E-state index in [1.807, 2.05) is 50.2 Å². The van der Waals surface area contributed by atoms with Crippen LogP contribution in [0.2, 0.25) is 0 Å². The minimum absolute atomic E-state index is 0.0696. The van der Waals surface area contributed by atoms with Crippen LogP contribution in [0.15, 0.2) is 48.5 Å². The van der Waals surface area contributed by atoms with Gasteiger partial charge in [-0.15, -0.1) is 0 Å². The zero-order chi connectivity index (χ0) is 26.2. The van der Waals surface area contributed by atoms with Crippen LogP contribution in [-0.4, -0.2) is 58.5 Å². The summed E-state index contributed by atoms with van der Waals surface area (Å²) in [5.74, 6) is -1.68. The van der Waals surface area contributed by atoms with Gasteiger partial charge in [-0.2, -0.15) is 0 Å². The highest BCUT2D eigenvalue weighted by Gasteiger charge is 2.53. The van der Waals surface area contributed by atoms with Crippen molar-refractivity contribution in [3.8, 4) is 11.1 Å². The molecule has 1 aliphatic heterocycles. The molecule has 0 unspecified atom stereocenters. The van der Waals surface area contributed by atoms with Crippen LogP contribution in [0.5, 0.6) is 0 Å². The lowest BCUT2D eigenvalue weighted by Gasteiger charge is -2.35. The normalized spacial score (nSPS) is 21.1. The number of carbonyl (C=O) groups excluding carboxylic acids is 2. The van der Waals surface area contributed by atoms with Crippen LogP contribution < -0.4 is 5.32 Å². The Balaban J connectivity index is 1.50. The fourth-order valence-electron chi connectivity index (χ4n) is 5.48. The predicted octanol–water partition coefficient (Wildman–Crippen LogP) is 4.38. The Morgan fingerprint density at radius 2 is 1.61 bits per heavy atom. The molecule has 4 rings (SSSR count). The number of benzene rings is 2. The van der Waals surface area contributed by atoms with E-state index in [1.54, 1.807) is 20.8 Å². The number of carboxylic acids is 1. The van der Waals surface area contributed by atoms with Gasteiger partial charge in [-0.25, -0.2) is 9.59 Å². The maximum Gasteiger partial charge on any atom is 0.407 e. The molecule has 1 fully saturated rings. The van der Waals surface area contributed by atoms with Gasteiger partial charge < -0.3 is 19.9 Å². The molecule has 0 spiro atoms. The Hall–Kier alpha value is -3.39. The summed E-state index contributed by atoms with van der Waals surface area (Å²) >= 11 is 0. The summed E-state index contributed by atoms with van der Waals surface area (Å²) in [7, 11) is 0. The molecule has 0 bridgehead atoms. The molecule has 0 saturated carbocycles. The molecule has 36 heavy (non-hydrogen) atoms. The summed E-state index contributed by atoms with van der Waals surface area (Å²) in [4.78, 5) is 39.7. The number of ether oxygens (including phenoxy) is 2. The molecule has 2 N–H and O–H groups in total. The minimum atomic E-state index is -1.15. The number of nitrogens with one attached hydrogen (secondary N) is 1. The van der Waals surface area contributed by atoms with Crippen LogP contribution in [0.25, 0.3) is 11.1 Å². The first-order chi connectivity index (χ1) is 17.0. The standard InChI is InChI=1S/C28H34N2O6/c1-16(2)14-23(25(31)30-24(26(32)33)17(3)36-28(30,4)5)29-27(34)35-15-22-20-12-8-6-10-18(20)19-11-7-9-13-21(19)22/h6-13,16-17,22-24H,14-15H2,1-5H3,(H,29,34)(H,32,33)/t17-,23+,24+/m0/s1. The van der Waals surface area contributed by atoms with Gasteiger partial charge in [0, 0.05) is 5.92 Å². The predicted molar refractivity (Wildman–Crippen MR) is 134 cm³/mol. The molecule has 0 aromatic heterocycles. The van der Waals surface area contributed by atoms with Crippen LogP contribution in [0.4, 0.5) is 4.79 Å². The maximum atomic E-state index is 13.6. The number of aliphatic carboxylic acids is 1. The molecule has 1 aliphatic carbocycles. The van der Waals surface area contributed by atoms with Crippen molar-refractivity contribution in [2.45, 2.75) is 70.9 Å². The van der Waals surface area contributed by atoms with E-state index in [1.165, 1.54) is 4.90 Å². The van der Waals surface area contributed by atoms with E-state index < -0.39 is 41.9 Å². The van der Waals surface area contributed by atoms with E-state index in [4.69, 9.17) is 9.47 Å². The largest absolute Gasteiger partial charge is 0.480 e. The van der Waals surface area contributed by atoms with Crippen molar-refractivity contribution in [3.63, 3.8) is 0 Å². The number of rotatable bonds is 7. The molecule has 1 saturated heterocycles. The summed E-state index contributed by atoms with van der Waals surface area (Å²) in [5.41, 5.74) is 3.31. The molecule has 2 aromatic rings. The Kier molecular flexibility index (Phi) is 7.09. The zero-order valence-electron chi connectivity index (χ0n) is 21.4. The lowest BCUT2D eigenvalue weighted by Crippen LogP contribution is -2.58. The van der Waals surface area contributed by atoms with Gasteiger partial charge in [-0.1, -0.05) is 62.4 Å². The van der Waals surface area contributed by atoms with E-state index in [9.17, 15) is 19.5 Å². The number of fused-ring (bicyclic) bond motifs is 3. The molecule has 8 nitrogen and oxygen atoms in total. The number of carboxylic acid groups (broad SMARTS) is 1. The van der Waals surface area contributed by atoms with Crippen molar-refractivity contribution in [1.82, 2.24) is 10.2 Å². The van der Waals surface area contributed by atoms with Gasteiger partial charge in [0.15, 0.2) is 6.04 Å². The first-order valence-corrected chi connectivity index (χ1v) is 12.4. The quantitative estimate of drug-likeness (QED) is 0.592. The second-order valence-corrected chi connectivity index (χ2v) is 10.4. The van der Waals surface area contributed by atoms with Crippen molar-refractivity contribution in [1.29, 1.82) is 0 Å². The van der Waals surface area contributed by atoms with Crippen molar-refractivity contribution >= 4 is 18.0 Å². The average Bonchev–Trinajstić information content (AvgIpc) is 3.26. The smallest absolute Gasteiger partial charge is 0.407 e. The van der Waals surface area contributed by atoms with Gasteiger partial charge in [0.2, 0.25) is 5.91 Å². The first-order valence-electron chi connectivity index (χ1n) is 12.4. The summed E-state index contributed by atoms with van der Waals surface area (Å²) in [6, 6.07) is 14.0. The Morgan fingerprint density at radius 3 is 2.14 bits per heavy atom. The van der Waals surface area contributed by atoms with E-state index in [0.717, 1.165) is 22.3 Å². The van der Waals surface area contributed by atoms with Gasteiger partial charge in [0.05, 0.1) is 6.10 Å². The Labute approximate surface area is 211 Å². The summed E-state index contributed by atoms with van der Waals surface area (Å²) < 4.78 is 11.4. The third-order valence-corrected chi connectivity index (χ3v) is 6.91. The SMILES string of the molecule is CC(C)C[C@@H](NC(=O)OCC1c2ccccc2-c2ccccc21)C(=O)N1[C@@H](C(=O)O)[C@H](C)OC1(C)C. The molecule has 1 heterocycles. The van der Waals surface area contributed by atoms with Crippen LogP contribution in [-0.2, 0) is 19.1 Å². The number of alkyl carbamates (subject to hydrolysis) is 1. The van der Waals surface area contributed by atoms with E-state index in [0.29, 0.717) is 6.42 Å². The van der Waals surface area contributed by atoms with Gasteiger partial charge in [-0.05, 0) is 55.4 Å². The van der Waals surface area contributed by atoms with E-state index in [2.05, 4.69) is 17.4 Å². The monoisotopic (exact) mass is 494 g/mol. The number of hydrogen-bond acceptors (Lipinski definition) is 5. The molecular formula is C28H34N2O6. The third kappa shape index (κ3) is 4.82. The number of nitrogens with zero attached hydrogens (tertiary/aromatic N) is 1. The molecule has 192 valence electrons. The highest BCUT2D eigenvalue weighted by Crippen LogP contribution is 2.44. The molecule has 2 aliphatic rings. The van der Waals surface area contributed by atoms with E-state index in [-0.39, 0.29) is 18.4 Å². The minimum Gasteiger partial charge on any atom is -0.480 e. The number of amides is 2. The van der Waals surface area contributed by atoms with Crippen molar-refractivity contribution in [2.24, 2.45) is 5.92 Å². The molecule has 2 amide bonds. The first kappa shape index (κ1) is 25.7. The molecule has 8 heteroatoms. The lowest BCUT2D eigenvalue weighted by atomic mass is 9.98. The Morgan fingerprint density at radius 1 is 1.06 bits per heavy atom.